The first-order chi connectivity index (χ1) is 7.57. The third kappa shape index (κ3) is 2.97. The lowest BCUT2D eigenvalue weighted by atomic mass is 10.0. The number of benzene rings is 1. The Kier molecular flexibility index (Phi) is 4.77. The summed E-state index contributed by atoms with van der Waals surface area (Å²) in [5, 5.41) is 0. The third-order valence-corrected chi connectivity index (χ3v) is 2.48. The van der Waals surface area contributed by atoms with Gasteiger partial charge in [-0.05, 0) is 12.8 Å². The molecule has 0 amide bonds. The molecule has 0 aliphatic heterocycles. The molecule has 0 nitrogen and oxygen atoms in total. The van der Waals surface area contributed by atoms with E-state index in [1.54, 1.807) is 0 Å². The van der Waals surface area contributed by atoms with E-state index in [9.17, 15) is 17.6 Å². The van der Waals surface area contributed by atoms with Crippen LogP contribution in [-0.2, 0) is 6.42 Å². The number of hydrogen-bond donors (Lipinski definition) is 0. The molecular weight excluding hydrogens is 220 g/mol. The van der Waals surface area contributed by atoms with Gasteiger partial charge < -0.3 is 0 Å². The van der Waals surface area contributed by atoms with Gasteiger partial charge in [-0.3, -0.25) is 0 Å². The number of halogens is 4. The molecule has 1 aromatic rings. The Morgan fingerprint density at radius 2 is 1.44 bits per heavy atom. The SMILES string of the molecule is CCCCCCc1c(F)c(F)cc(F)c1F. The quantitative estimate of drug-likeness (QED) is 0.403. The Bertz CT molecular complexity index is 334. The summed E-state index contributed by atoms with van der Waals surface area (Å²) < 4.78 is 52.0. The van der Waals surface area contributed by atoms with Crippen molar-refractivity contribution in [3.8, 4) is 0 Å². The summed E-state index contributed by atoms with van der Waals surface area (Å²) in [5.41, 5.74) is -0.478. The molecule has 0 N–H and O–H groups in total. The van der Waals surface area contributed by atoms with Gasteiger partial charge in [-0.2, -0.15) is 0 Å². The molecule has 0 aromatic heterocycles. The first kappa shape index (κ1) is 13.0. The zero-order chi connectivity index (χ0) is 12.1. The lowest BCUT2D eigenvalue weighted by Crippen LogP contribution is -2.02. The van der Waals surface area contributed by atoms with Crippen LogP contribution in [0.1, 0.15) is 38.2 Å². The molecule has 0 fully saturated rings. The standard InChI is InChI=1S/C12H14F4/c1-2-3-4-5-6-8-11(15)9(13)7-10(14)12(8)16/h7H,2-6H2,1H3. The molecule has 0 bridgehead atoms. The highest BCUT2D eigenvalue weighted by molar-refractivity contribution is 5.22. The van der Waals surface area contributed by atoms with Crippen LogP contribution in [0.25, 0.3) is 0 Å². The van der Waals surface area contributed by atoms with Gasteiger partial charge in [0, 0.05) is 11.6 Å². The van der Waals surface area contributed by atoms with E-state index in [4.69, 9.17) is 0 Å². The van der Waals surface area contributed by atoms with Gasteiger partial charge in [0.15, 0.2) is 23.3 Å². The summed E-state index contributed by atoms with van der Waals surface area (Å²) in [4.78, 5) is 0. The van der Waals surface area contributed by atoms with Gasteiger partial charge in [0.05, 0.1) is 0 Å². The van der Waals surface area contributed by atoms with Crippen LogP contribution in [0.3, 0.4) is 0 Å². The number of hydrogen-bond acceptors (Lipinski definition) is 0. The number of rotatable bonds is 5. The van der Waals surface area contributed by atoms with Crippen molar-refractivity contribution in [1.29, 1.82) is 0 Å². The summed E-state index contributed by atoms with van der Waals surface area (Å²) in [7, 11) is 0. The van der Waals surface area contributed by atoms with Crippen LogP contribution in [0.5, 0.6) is 0 Å². The summed E-state index contributed by atoms with van der Waals surface area (Å²) in [5.74, 6) is -5.19. The van der Waals surface area contributed by atoms with Crippen LogP contribution in [0, 0.1) is 23.3 Å². The van der Waals surface area contributed by atoms with E-state index in [1.807, 2.05) is 6.92 Å². The predicted octanol–water partition coefficient (Wildman–Crippen LogP) is 4.37. The van der Waals surface area contributed by atoms with Crippen LogP contribution in [0.4, 0.5) is 17.6 Å². The maximum atomic E-state index is 13.2. The van der Waals surface area contributed by atoms with Gasteiger partial charge in [0.1, 0.15) is 0 Å². The van der Waals surface area contributed by atoms with Crippen LogP contribution in [0.15, 0.2) is 6.07 Å². The molecule has 1 aromatic carbocycles. The minimum Gasteiger partial charge on any atom is -0.204 e. The smallest absolute Gasteiger partial charge is 0.165 e. The summed E-state index contributed by atoms with van der Waals surface area (Å²) in [6, 6.07) is 0.236. The molecule has 0 heterocycles. The molecule has 1 rings (SSSR count). The zero-order valence-electron chi connectivity index (χ0n) is 9.12. The number of unbranched alkanes of at least 4 members (excludes halogenated alkanes) is 3. The van der Waals surface area contributed by atoms with Crippen molar-refractivity contribution in [3.63, 3.8) is 0 Å². The second-order valence-electron chi connectivity index (χ2n) is 3.76. The highest BCUT2D eigenvalue weighted by Crippen LogP contribution is 2.21. The maximum Gasteiger partial charge on any atom is 0.165 e. The van der Waals surface area contributed by atoms with E-state index in [1.165, 1.54) is 0 Å². The minimum atomic E-state index is -1.33. The van der Waals surface area contributed by atoms with Crippen molar-refractivity contribution in [1.82, 2.24) is 0 Å². The third-order valence-electron chi connectivity index (χ3n) is 2.48. The van der Waals surface area contributed by atoms with Crippen LogP contribution >= 0.6 is 0 Å². The lowest BCUT2D eigenvalue weighted by Gasteiger charge is -2.06. The van der Waals surface area contributed by atoms with E-state index in [0.717, 1.165) is 19.3 Å². The van der Waals surface area contributed by atoms with E-state index in [-0.39, 0.29) is 12.5 Å². The Morgan fingerprint density at radius 1 is 0.875 bits per heavy atom. The summed E-state index contributed by atoms with van der Waals surface area (Å²) in [6.07, 6.45) is 3.30. The Hall–Kier alpha value is -1.06. The van der Waals surface area contributed by atoms with Crippen molar-refractivity contribution in [2.45, 2.75) is 39.0 Å². The molecule has 0 saturated heterocycles. The van der Waals surface area contributed by atoms with Crippen molar-refractivity contribution in [2.24, 2.45) is 0 Å². The van der Waals surface area contributed by atoms with Gasteiger partial charge in [0.25, 0.3) is 0 Å². The van der Waals surface area contributed by atoms with Gasteiger partial charge in [0.2, 0.25) is 0 Å². The van der Waals surface area contributed by atoms with Gasteiger partial charge >= 0.3 is 0 Å². The van der Waals surface area contributed by atoms with Gasteiger partial charge in [-0.15, -0.1) is 0 Å². The molecule has 0 aliphatic carbocycles. The minimum absolute atomic E-state index is 0.0341. The van der Waals surface area contributed by atoms with E-state index in [2.05, 4.69) is 0 Å². The maximum absolute atomic E-state index is 13.2. The Morgan fingerprint density at radius 3 is 1.94 bits per heavy atom. The molecule has 16 heavy (non-hydrogen) atoms. The van der Waals surface area contributed by atoms with Crippen molar-refractivity contribution >= 4 is 0 Å². The van der Waals surface area contributed by atoms with Crippen molar-refractivity contribution in [3.05, 3.63) is 34.9 Å². The normalized spacial score (nSPS) is 10.8. The lowest BCUT2D eigenvalue weighted by molar-refractivity contribution is 0.436. The molecule has 0 radical (unpaired) electrons. The van der Waals surface area contributed by atoms with Crippen LogP contribution in [0.2, 0.25) is 0 Å². The monoisotopic (exact) mass is 234 g/mol. The second-order valence-corrected chi connectivity index (χ2v) is 3.76. The van der Waals surface area contributed by atoms with E-state index in [0.29, 0.717) is 6.42 Å². The van der Waals surface area contributed by atoms with Crippen molar-refractivity contribution in [2.75, 3.05) is 0 Å². The Labute approximate surface area is 92.3 Å². The first-order valence-electron chi connectivity index (χ1n) is 5.39. The van der Waals surface area contributed by atoms with Crippen LogP contribution < -0.4 is 0 Å². The predicted molar refractivity (Wildman–Crippen MR) is 54.1 cm³/mol. The summed E-state index contributed by atoms with van der Waals surface area (Å²) in [6.45, 7) is 2.00. The molecular formula is C12H14F4. The van der Waals surface area contributed by atoms with Crippen molar-refractivity contribution < 1.29 is 17.6 Å². The Balaban J connectivity index is 2.78. The van der Waals surface area contributed by atoms with E-state index < -0.39 is 28.8 Å². The molecule has 0 aliphatic rings. The molecule has 0 atom stereocenters. The molecule has 0 unspecified atom stereocenters. The molecule has 4 heteroatoms. The molecule has 0 saturated carbocycles. The highest BCUT2D eigenvalue weighted by atomic mass is 19.2. The fourth-order valence-electron chi connectivity index (χ4n) is 1.57. The fraction of sp³-hybridized carbons (Fsp3) is 0.500. The largest absolute Gasteiger partial charge is 0.204 e. The summed E-state index contributed by atoms with van der Waals surface area (Å²) >= 11 is 0. The zero-order valence-corrected chi connectivity index (χ0v) is 9.12. The molecule has 90 valence electrons. The van der Waals surface area contributed by atoms with Gasteiger partial charge in [-0.1, -0.05) is 26.2 Å². The topological polar surface area (TPSA) is 0 Å². The molecule has 0 spiro atoms. The van der Waals surface area contributed by atoms with E-state index >= 15 is 0 Å². The highest BCUT2D eigenvalue weighted by Gasteiger charge is 2.18. The first-order valence-corrected chi connectivity index (χ1v) is 5.39. The second kappa shape index (κ2) is 5.87. The van der Waals surface area contributed by atoms with Crippen LogP contribution in [-0.4, -0.2) is 0 Å². The average molecular weight is 234 g/mol. The fourth-order valence-corrected chi connectivity index (χ4v) is 1.57. The van der Waals surface area contributed by atoms with Gasteiger partial charge in [-0.25, -0.2) is 17.6 Å². The average Bonchev–Trinajstić information content (AvgIpc) is 2.25.